The minimum Gasteiger partial charge on any atom is -0.493 e. The molecule has 0 unspecified atom stereocenters. The maximum absolute atomic E-state index is 12.8. The van der Waals surface area contributed by atoms with Gasteiger partial charge in [0, 0.05) is 20.6 Å². The third-order valence-electron chi connectivity index (χ3n) is 5.36. The molecule has 0 aromatic heterocycles. The van der Waals surface area contributed by atoms with Gasteiger partial charge in [0.2, 0.25) is 0 Å². The molecule has 0 radical (unpaired) electrons. The highest BCUT2D eigenvalue weighted by Crippen LogP contribution is 2.33. The zero-order valence-electron chi connectivity index (χ0n) is 20.0. The summed E-state index contributed by atoms with van der Waals surface area (Å²) in [5.41, 5.74) is 5.48. The van der Waals surface area contributed by atoms with Crippen LogP contribution in [0.25, 0.3) is 0 Å². The normalized spacial score (nSPS) is 10.8. The quantitative estimate of drug-likeness (QED) is 0.162. The minimum atomic E-state index is -0.406. The molecule has 1 amide bonds. The lowest BCUT2D eigenvalue weighted by atomic mass is 10.2. The molecule has 0 saturated carbocycles. The van der Waals surface area contributed by atoms with Gasteiger partial charge in [0.25, 0.3) is 5.91 Å². The smallest absolute Gasteiger partial charge is 0.275 e. The fourth-order valence-electron chi connectivity index (χ4n) is 3.43. The summed E-state index contributed by atoms with van der Waals surface area (Å²) in [4.78, 5) is 12.8. The van der Waals surface area contributed by atoms with E-state index in [2.05, 4.69) is 26.5 Å². The lowest BCUT2D eigenvalue weighted by Crippen LogP contribution is -2.18. The summed E-state index contributed by atoms with van der Waals surface area (Å²) in [5, 5.41) is 4.73. The molecule has 6 nitrogen and oxygen atoms in total. The summed E-state index contributed by atoms with van der Waals surface area (Å²) in [6, 6.07) is 27.8. The molecule has 4 aromatic rings. The van der Waals surface area contributed by atoms with Crippen molar-refractivity contribution in [1.82, 2.24) is 5.43 Å². The molecule has 0 aliphatic heterocycles. The van der Waals surface area contributed by atoms with E-state index in [-0.39, 0.29) is 6.61 Å². The molecule has 0 aliphatic carbocycles. The molecule has 0 aliphatic rings. The van der Waals surface area contributed by atoms with Crippen molar-refractivity contribution in [3.05, 3.63) is 123 Å². The molecule has 8 heteroatoms. The Labute approximate surface area is 229 Å². The molecule has 37 heavy (non-hydrogen) atoms. The molecule has 0 spiro atoms. The molecule has 4 aromatic carbocycles. The van der Waals surface area contributed by atoms with E-state index in [1.54, 1.807) is 43.5 Å². The zero-order chi connectivity index (χ0) is 26.0. The highest BCUT2D eigenvalue weighted by molar-refractivity contribution is 9.10. The van der Waals surface area contributed by atoms with Crippen LogP contribution in [-0.4, -0.2) is 19.2 Å². The number of benzene rings is 4. The monoisotopic (exact) mass is 578 g/mol. The first-order valence-electron chi connectivity index (χ1n) is 11.4. The van der Waals surface area contributed by atoms with Crippen molar-refractivity contribution in [2.45, 2.75) is 13.2 Å². The van der Waals surface area contributed by atoms with Gasteiger partial charge in [-0.05, 0) is 51.8 Å². The highest BCUT2D eigenvalue weighted by Gasteiger charge is 2.13. The predicted molar refractivity (Wildman–Crippen MR) is 149 cm³/mol. The molecule has 1 N–H and O–H groups in total. The van der Waals surface area contributed by atoms with E-state index in [9.17, 15) is 4.79 Å². The van der Waals surface area contributed by atoms with Crippen LogP contribution >= 0.6 is 27.5 Å². The first-order chi connectivity index (χ1) is 18.0. The van der Waals surface area contributed by atoms with E-state index in [1.807, 2.05) is 54.6 Å². The van der Waals surface area contributed by atoms with Gasteiger partial charge in [0.1, 0.15) is 19.0 Å². The number of methoxy groups -OCH3 is 1. The number of nitrogens with zero attached hydrogens (tertiary/aromatic N) is 1. The number of halogens is 2. The number of ether oxygens (including phenoxy) is 3. The molecular formula is C29H24BrClN2O4. The number of carbonyl (C=O) groups excluding carboxylic acids is 1. The van der Waals surface area contributed by atoms with Gasteiger partial charge in [-0.25, -0.2) is 5.43 Å². The van der Waals surface area contributed by atoms with E-state index in [1.165, 1.54) is 6.21 Å². The first kappa shape index (κ1) is 26.3. The van der Waals surface area contributed by atoms with Crippen LogP contribution in [0, 0.1) is 0 Å². The number of carbonyl (C=O) groups is 1. The maximum atomic E-state index is 12.8. The second kappa shape index (κ2) is 12.9. The van der Waals surface area contributed by atoms with E-state index in [0.29, 0.717) is 40.0 Å². The molecule has 0 bridgehead atoms. The Balaban J connectivity index is 1.41. The number of rotatable bonds is 10. The molecule has 0 saturated heterocycles. The Morgan fingerprint density at radius 3 is 2.38 bits per heavy atom. The number of hydrazone groups is 1. The summed E-state index contributed by atoms with van der Waals surface area (Å²) in [7, 11) is 1.57. The molecule has 0 fully saturated rings. The second-order valence-electron chi connectivity index (χ2n) is 7.87. The van der Waals surface area contributed by atoms with Gasteiger partial charge < -0.3 is 14.2 Å². The van der Waals surface area contributed by atoms with Gasteiger partial charge in [-0.2, -0.15) is 5.10 Å². The average molecular weight is 580 g/mol. The van der Waals surface area contributed by atoms with Gasteiger partial charge in [-0.1, -0.05) is 72.3 Å². The van der Waals surface area contributed by atoms with E-state index >= 15 is 0 Å². The summed E-state index contributed by atoms with van der Waals surface area (Å²) in [5.74, 6) is 1.16. The van der Waals surface area contributed by atoms with Crippen LogP contribution < -0.4 is 19.6 Å². The third-order valence-corrected chi connectivity index (χ3v) is 6.42. The van der Waals surface area contributed by atoms with Gasteiger partial charge in [-0.3, -0.25) is 4.79 Å². The zero-order valence-corrected chi connectivity index (χ0v) is 22.3. The summed E-state index contributed by atoms with van der Waals surface area (Å²) >= 11 is 9.75. The van der Waals surface area contributed by atoms with Crippen LogP contribution in [0.4, 0.5) is 0 Å². The highest BCUT2D eigenvalue weighted by atomic mass is 79.9. The fourth-order valence-corrected chi connectivity index (χ4v) is 4.04. The van der Waals surface area contributed by atoms with E-state index < -0.39 is 5.91 Å². The first-order valence-corrected chi connectivity index (χ1v) is 12.5. The maximum Gasteiger partial charge on any atom is 0.275 e. The van der Waals surface area contributed by atoms with Gasteiger partial charge in [-0.15, -0.1) is 0 Å². The summed E-state index contributed by atoms with van der Waals surface area (Å²) in [6.45, 7) is 0.643. The molecule has 0 atom stereocenters. The van der Waals surface area contributed by atoms with Gasteiger partial charge in [0.15, 0.2) is 11.5 Å². The fraction of sp³-hybridized carbons (Fsp3) is 0.103. The summed E-state index contributed by atoms with van der Waals surface area (Å²) in [6.07, 6.45) is 1.53. The van der Waals surface area contributed by atoms with Crippen LogP contribution in [-0.2, 0) is 13.2 Å². The third kappa shape index (κ3) is 7.12. The van der Waals surface area contributed by atoms with Gasteiger partial charge >= 0.3 is 0 Å². The van der Waals surface area contributed by atoms with Gasteiger partial charge in [0.05, 0.1) is 18.9 Å². The van der Waals surface area contributed by atoms with Crippen molar-refractivity contribution in [2.75, 3.05) is 7.11 Å². The number of para-hydroxylation sites is 1. The van der Waals surface area contributed by atoms with E-state index in [4.69, 9.17) is 25.8 Å². The lowest BCUT2D eigenvalue weighted by Gasteiger charge is -2.13. The lowest BCUT2D eigenvalue weighted by molar-refractivity contribution is 0.0950. The SMILES string of the molecule is COc1cc(/C=N/NC(=O)c2ccccc2OCc2ccccc2Cl)c(Br)cc1OCc1ccccc1. The predicted octanol–water partition coefficient (Wildman–Crippen LogP) is 7.03. The molecular weight excluding hydrogens is 556 g/mol. The minimum absolute atomic E-state index is 0.235. The van der Waals surface area contributed by atoms with Crippen LogP contribution in [0.2, 0.25) is 5.02 Å². The Morgan fingerprint density at radius 1 is 0.892 bits per heavy atom. The summed E-state index contributed by atoms with van der Waals surface area (Å²) < 4.78 is 18.0. The van der Waals surface area contributed by atoms with Crippen molar-refractivity contribution >= 4 is 39.7 Å². The van der Waals surface area contributed by atoms with E-state index in [0.717, 1.165) is 15.6 Å². The number of amides is 1. The number of hydrogen-bond acceptors (Lipinski definition) is 5. The number of nitrogens with one attached hydrogen (secondary N) is 1. The second-order valence-corrected chi connectivity index (χ2v) is 9.14. The standard InChI is InChI=1S/C29H24BrClN2O4/c1-35-27-15-22(24(30)16-28(27)36-18-20-9-3-2-4-10-20)17-32-33-29(34)23-12-6-8-14-26(23)37-19-21-11-5-7-13-25(21)31/h2-17H,18-19H2,1H3,(H,33,34)/b32-17+. The number of hydrogen-bond donors (Lipinski definition) is 1. The topological polar surface area (TPSA) is 69.2 Å². The van der Waals surface area contributed by atoms with Crippen molar-refractivity contribution in [1.29, 1.82) is 0 Å². The Bertz CT molecular complexity index is 1400. The Kier molecular flexibility index (Phi) is 9.18. The van der Waals surface area contributed by atoms with Crippen LogP contribution in [0.5, 0.6) is 17.2 Å². The van der Waals surface area contributed by atoms with Crippen LogP contribution in [0.3, 0.4) is 0 Å². The van der Waals surface area contributed by atoms with Crippen molar-refractivity contribution in [2.24, 2.45) is 5.10 Å². The Morgan fingerprint density at radius 2 is 1.59 bits per heavy atom. The molecule has 4 rings (SSSR count). The van der Waals surface area contributed by atoms with Crippen molar-refractivity contribution in [3.63, 3.8) is 0 Å². The van der Waals surface area contributed by atoms with Crippen LogP contribution in [0.15, 0.2) is 101 Å². The van der Waals surface area contributed by atoms with Crippen molar-refractivity contribution in [3.8, 4) is 17.2 Å². The van der Waals surface area contributed by atoms with Crippen LogP contribution in [0.1, 0.15) is 27.0 Å². The van der Waals surface area contributed by atoms with Crippen molar-refractivity contribution < 1.29 is 19.0 Å². The largest absolute Gasteiger partial charge is 0.493 e. The average Bonchev–Trinajstić information content (AvgIpc) is 2.93. The molecule has 188 valence electrons. The Hall–Kier alpha value is -3.81. The molecule has 0 heterocycles.